The number of nitrogens with one attached hydrogen (secondary N) is 1. The summed E-state index contributed by atoms with van der Waals surface area (Å²) >= 11 is 0. The molecule has 26 heavy (non-hydrogen) atoms. The molecular weight excluding hydrogens is 358 g/mol. The second kappa shape index (κ2) is 7.58. The molecule has 0 bridgehead atoms. The molecule has 2 aromatic heterocycles. The third kappa shape index (κ3) is 4.92. The first kappa shape index (κ1) is 18.6. The average Bonchev–Trinajstić information content (AvgIpc) is 3.08. The van der Waals surface area contributed by atoms with E-state index in [0.717, 1.165) is 6.54 Å². The Hall–Kier alpha value is -2.20. The number of pyridine rings is 1. The van der Waals surface area contributed by atoms with Gasteiger partial charge in [0.05, 0.1) is 11.5 Å². The predicted molar refractivity (Wildman–Crippen MR) is 97.0 cm³/mol. The number of sulfone groups is 1. The second-order valence-corrected chi connectivity index (χ2v) is 9.00. The number of rotatable bonds is 7. The van der Waals surface area contributed by atoms with Gasteiger partial charge in [-0.25, -0.2) is 12.9 Å². The average molecular weight is 381 g/mol. The molecule has 0 radical (unpaired) electrons. The molecule has 0 aromatic carbocycles. The fraction of sp³-hybridized carbons (Fsp3) is 0.562. The van der Waals surface area contributed by atoms with Crippen LogP contribution in [0.1, 0.15) is 12.8 Å². The molecule has 1 N–H and O–H groups in total. The molecule has 0 saturated carbocycles. The lowest BCUT2D eigenvalue weighted by molar-refractivity contribution is -0.116. The van der Waals surface area contributed by atoms with Crippen LogP contribution in [0.2, 0.25) is 0 Å². The van der Waals surface area contributed by atoms with Gasteiger partial charge in [-0.05, 0) is 32.5 Å². The number of carbonyl (C=O) groups excluding carboxylic acids is 1. The van der Waals surface area contributed by atoms with Crippen molar-refractivity contribution in [3.05, 3.63) is 18.3 Å². The maximum Gasteiger partial charge on any atom is 0.249 e. The number of aromatic nitrogens is 3. The number of nitrogens with zero attached hydrogens (tertiary/aromatic N) is 4. The van der Waals surface area contributed by atoms with E-state index < -0.39 is 9.84 Å². The van der Waals surface area contributed by atoms with E-state index in [0.29, 0.717) is 24.4 Å². The first-order valence-electron chi connectivity index (χ1n) is 8.45. The van der Waals surface area contributed by atoms with E-state index in [9.17, 15) is 13.2 Å². The Kier molecular flexibility index (Phi) is 5.42. The Morgan fingerprint density at radius 1 is 1.46 bits per heavy atom. The minimum absolute atomic E-state index is 0.0761. The van der Waals surface area contributed by atoms with Gasteiger partial charge in [-0.2, -0.15) is 4.98 Å². The lowest BCUT2D eigenvalue weighted by atomic mass is 10.1. The van der Waals surface area contributed by atoms with Crippen LogP contribution in [0.4, 0.5) is 5.95 Å². The van der Waals surface area contributed by atoms with Crippen molar-refractivity contribution in [1.29, 1.82) is 0 Å². The minimum atomic E-state index is -2.98. The fourth-order valence-corrected chi connectivity index (χ4v) is 4.68. The third-order valence-corrected chi connectivity index (χ3v) is 6.01. The van der Waals surface area contributed by atoms with Crippen LogP contribution in [-0.2, 0) is 14.6 Å². The third-order valence-electron chi connectivity index (χ3n) is 4.17. The number of carbonyl (C=O) groups is 1. The van der Waals surface area contributed by atoms with Crippen LogP contribution in [0.3, 0.4) is 0 Å². The number of amides is 1. The van der Waals surface area contributed by atoms with Crippen molar-refractivity contribution >= 4 is 27.3 Å². The van der Waals surface area contributed by atoms with Gasteiger partial charge < -0.3 is 9.64 Å². The normalized spacial score (nSPS) is 19.1. The summed E-state index contributed by atoms with van der Waals surface area (Å²) in [5, 5.41) is 6.84. The Morgan fingerprint density at radius 2 is 2.27 bits per heavy atom. The van der Waals surface area contributed by atoms with E-state index in [4.69, 9.17) is 4.74 Å². The lowest BCUT2D eigenvalue weighted by Gasteiger charge is -2.10. The van der Waals surface area contributed by atoms with E-state index in [1.807, 2.05) is 19.0 Å². The molecule has 0 spiro atoms. The summed E-state index contributed by atoms with van der Waals surface area (Å²) < 4.78 is 30.1. The highest BCUT2D eigenvalue weighted by molar-refractivity contribution is 7.91. The summed E-state index contributed by atoms with van der Waals surface area (Å²) in [6, 6.07) is 3.54. The van der Waals surface area contributed by atoms with Gasteiger partial charge in [-0.3, -0.25) is 10.1 Å². The number of anilines is 1. The molecule has 1 saturated heterocycles. The highest BCUT2D eigenvalue weighted by Gasteiger charge is 2.29. The van der Waals surface area contributed by atoms with Gasteiger partial charge in [0.15, 0.2) is 15.5 Å². The zero-order chi connectivity index (χ0) is 18.7. The smallest absolute Gasteiger partial charge is 0.249 e. The van der Waals surface area contributed by atoms with Crippen LogP contribution in [-0.4, -0.2) is 72.6 Å². The number of fused-ring (bicyclic) bond motifs is 1. The van der Waals surface area contributed by atoms with Crippen molar-refractivity contribution in [3.63, 3.8) is 0 Å². The topological polar surface area (TPSA) is 106 Å². The Morgan fingerprint density at radius 3 is 2.96 bits per heavy atom. The van der Waals surface area contributed by atoms with Crippen molar-refractivity contribution in [2.75, 3.05) is 44.1 Å². The molecule has 10 heteroatoms. The first-order valence-corrected chi connectivity index (χ1v) is 10.3. The number of likely N-dealkylation sites (N-methyl/N-ethyl adjacent to an activating group) is 1. The summed E-state index contributed by atoms with van der Waals surface area (Å²) in [5.74, 6) is 0.710. The molecule has 142 valence electrons. The molecular formula is C16H23N5O4S. The van der Waals surface area contributed by atoms with Crippen molar-refractivity contribution in [1.82, 2.24) is 19.5 Å². The van der Waals surface area contributed by atoms with Crippen molar-refractivity contribution in [3.8, 4) is 5.75 Å². The summed E-state index contributed by atoms with van der Waals surface area (Å²) in [5.41, 5.74) is 0.561. The summed E-state index contributed by atoms with van der Waals surface area (Å²) in [6.07, 6.45) is 2.40. The molecule has 1 aliphatic heterocycles. The summed E-state index contributed by atoms with van der Waals surface area (Å²) in [7, 11) is 0.962. The van der Waals surface area contributed by atoms with Gasteiger partial charge in [0.1, 0.15) is 12.4 Å². The van der Waals surface area contributed by atoms with Crippen molar-refractivity contribution in [2.24, 2.45) is 5.92 Å². The molecule has 1 amide bonds. The minimum Gasteiger partial charge on any atom is -0.492 e. The van der Waals surface area contributed by atoms with Crippen LogP contribution in [0.5, 0.6) is 5.75 Å². The zero-order valence-corrected chi connectivity index (χ0v) is 15.7. The maximum absolute atomic E-state index is 12.1. The van der Waals surface area contributed by atoms with E-state index in [2.05, 4.69) is 15.4 Å². The summed E-state index contributed by atoms with van der Waals surface area (Å²) in [4.78, 5) is 18.4. The molecule has 9 nitrogen and oxygen atoms in total. The van der Waals surface area contributed by atoms with Gasteiger partial charge in [0.2, 0.25) is 11.9 Å². The van der Waals surface area contributed by atoms with Crippen LogP contribution in [0.15, 0.2) is 18.3 Å². The molecule has 3 heterocycles. The Labute approximate surface area is 152 Å². The predicted octanol–water partition coefficient (Wildman–Crippen LogP) is 0.433. The van der Waals surface area contributed by atoms with E-state index >= 15 is 0 Å². The standard InChI is InChI=1S/C16H23N5O4S/c1-20(2)6-7-25-13-3-5-21-14(10-13)17-16(19-21)18-15(22)9-12-4-8-26(23,24)11-12/h3,5,10,12H,4,6-9,11H2,1-2H3,(H,18,19,22). The van der Waals surface area contributed by atoms with Crippen molar-refractivity contribution < 1.29 is 17.9 Å². The van der Waals surface area contributed by atoms with E-state index in [1.54, 1.807) is 22.8 Å². The zero-order valence-electron chi connectivity index (χ0n) is 14.9. The van der Waals surface area contributed by atoms with E-state index in [-0.39, 0.29) is 35.7 Å². The molecule has 1 unspecified atom stereocenters. The number of ether oxygens (including phenoxy) is 1. The van der Waals surface area contributed by atoms with Crippen LogP contribution in [0.25, 0.3) is 5.65 Å². The number of hydrogen-bond acceptors (Lipinski definition) is 7. The first-order chi connectivity index (χ1) is 12.3. The largest absolute Gasteiger partial charge is 0.492 e. The molecule has 0 aliphatic carbocycles. The van der Waals surface area contributed by atoms with Gasteiger partial charge >= 0.3 is 0 Å². The van der Waals surface area contributed by atoms with Gasteiger partial charge in [-0.15, -0.1) is 5.10 Å². The summed E-state index contributed by atoms with van der Waals surface area (Å²) in [6.45, 7) is 1.36. The Balaban J connectivity index is 1.59. The molecule has 1 atom stereocenters. The van der Waals surface area contributed by atoms with Gasteiger partial charge in [0, 0.05) is 25.2 Å². The van der Waals surface area contributed by atoms with Gasteiger partial charge in [-0.1, -0.05) is 0 Å². The molecule has 1 fully saturated rings. The second-order valence-electron chi connectivity index (χ2n) is 6.77. The van der Waals surface area contributed by atoms with Gasteiger partial charge in [0.25, 0.3) is 0 Å². The SMILES string of the molecule is CN(C)CCOc1ccn2nc(NC(=O)CC3CCS(=O)(=O)C3)nc2c1. The molecule has 3 rings (SSSR count). The maximum atomic E-state index is 12.1. The van der Waals surface area contributed by atoms with E-state index in [1.165, 1.54) is 0 Å². The Bertz CT molecular complexity index is 893. The quantitative estimate of drug-likeness (QED) is 0.741. The lowest BCUT2D eigenvalue weighted by Crippen LogP contribution is -2.19. The van der Waals surface area contributed by atoms with Crippen LogP contribution in [0, 0.1) is 5.92 Å². The van der Waals surface area contributed by atoms with Crippen LogP contribution >= 0.6 is 0 Å². The monoisotopic (exact) mass is 381 g/mol. The van der Waals surface area contributed by atoms with Crippen LogP contribution < -0.4 is 10.1 Å². The number of hydrogen-bond donors (Lipinski definition) is 1. The van der Waals surface area contributed by atoms with Crippen molar-refractivity contribution in [2.45, 2.75) is 12.8 Å². The highest BCUT2D eigenvalue weighted by Crippen LogP contribution is 2.22. The fourth-order valence-electron chi connectivity index (χ4n) is 2.82. The highest BCUT2D eigenvalue weighted by atomic mass is 32.2. The molecule has 1 aliphatic rings. The molecule has 2 aromatic rings.